The molecule has 0 saturated heterocycles. The summed E-state index contributed by atoms with van der Waals surface area (Å²) in [5, 5.41) is 0.828. The van der Waals surface area contributed by atoms with E-state index in [4.69, 9.17) is 16.3 Å². The summed E-state index contributed by atoms with van der Waals surface area (Å²) in [6.45, 7) is 1.89. The lowest BCUT2D eigenvalue weighted by molar-refractivity contribution is 0.0524. The molecule has 0 amide bonds. The van der Waals surface area contributed by atoms with Crippen molar-refractivity contribution < 1.29 is 9.53 Å². The molecule has 110 valence electrons. The number of pyridine rings is 1. The van der Waals surface area contributed by atoms with E-state index in [1.54, 1.807) is 6.92 Å². The van der Waals surface area contributed by atoms with Crippen molar-refractivity contribution in [3.05, 3.63) is 44.7 Å². The van der Waals surface area contributed by atoms with E-state index >= 15 is 0 Å². The number of nitrogens with one attached hydrogen (secondary N) is 1. The van der Waals surface area contributed by atoms with Crippen molar-refractivity contribution in [3.63, 3.8) is 0 Å². The molecule has 0 radical (unpaired) electrons. The van der Waals surface area contributed by atoms with Crippen LogP contribution in [0.3, 0.4) is 0 Å². The Morgan fingerprint density at radius 2 is 2.19 bits per heavy atom. The second kappa shape index (κ2) is 5.53. The van der Waals surface area contributed by atoms with E-state index in [1.165, 1.54) is 24.8 Å². The van der Waals surface area contributed by atoms with Gasteiger partial charge in [0.25, 0.3) is 5.56 Å². The summed E-state index contributed by atoms with van der Waals surface area (Å²) in [4.78, 5) is 26.7. The molecule has 1 aliphatic rings. The number of ether oxygens (including phenoxy) is 1. The Balaban J connectivity index is 2.12. The molecule has 0 atom stereocenters. The lowest BCUT2D eigenvalue weighted by Gasteiger charge is -2.26. The number of carbonyl (C=O) groups excluding carboxylic acids is 1. The molecule has 3 rings (SSSR count). The minimum Gasteiger partial charge on any atom is -0.462 e. The van der Waals surface area contributed by atoms with Crippen molar-refractivity contribution in [1.82, 2.24) is 4.98 Å². The maximum atomic E-state index is 12.1. The zero-order valence-electron chi connectivity index (χ0n) is 11.7. The summed E-state index contributed by atoms with van der Waals surface area (Å²) in [6, 6.07) is 5.84. The Morgan fingerprint density at radius 3 is 2.81 bits per heavy atom. The molecule has 1 fully saturated rings. The normalized spacial score (nSPS) is 15.0. The molecule has 0 unspecified atom stereocenters. The summed E-state index contributed by atoms with van der Waals surface area (Å²) in [5.41, 5.74) is 1.26. The van der Waals surface area contributed by atoms with Crippen LogP contribution in [0.15, 0.2) is 23.0 Å². The smallest absolute Gasteiger partial charge is 0.345 e. The van der Waals surface area contributed by atoms with Gasteiger partial charge in [-0.15, -0.1) is 0 Å². The first-order chi connectivity index (χ1) is 10.1. The fourth-order valence-electron chi connectivity index (χ4n) is 2.66. The highest BCUT2D eigenvalue weighted by atomic mass is 35.5. The molecule has 2 aromatic rings. The van der Waals surface area contributed by atoms with Gasteiger partial charge in [-0.2, -0.15) is 0 Å². The highest BCUT2D eigenvalue weighted by molar-refractivity contribution is 6.38. The largest absolute Gasteiger partial charge is 0.462 e. The molecule has 1 aromatic heterocycles. The summed E-state index contributed by atoms with van der Waals surface area (Å²) < 4.78 is 4.88. The number of carbonyl (C=O) groups is 1. The fraction of sp³-hybridized carbons (Fsp3) is 0.375. The Kier molecular flexibility index (Phi) is 3.72. The van der Waals surface area contributed by atoms with Gasteiger partial charge < -0.3 is 9.72 Å². The minimum absolute atomic E-state index is 0.123. The third-order valence-corrected chi connectivity index (χ3v) is 4.42. The van der Waals surface area contributed by atoms with E-state index in [2.05, 4.69) is 4.98 Å². The van der Waals surface area contributed by atoms with Crippen molar-refractivity contribution in [1.29, 1.82) is 0 Å². The van der Waals surface area contributed by atoms with Crippen molar-refractivity contribution in [2.24, 2.45) is 0 Å². The molecule has 5 heteroatoms. The van der Waals surface area contributed by atoms with E-state index in [-0.39, 0.29) is 17.2 Å². The van der Waals surface area contributed by atoms with Crippen molar-refractivity contribution >= 4 is 28.5 Å². The van der Waals surface area contributed by atoms with Gasteiger partial charge in [0.2, 0.25) is 0 Å². The zero-order chi connectivity index (χ0) is 15.0. The maximum absolute atomic E-state index is 12.1. The van der Waals surface area contributed by atoms with Crippen LogP contribution in [0.1, 0.15) is 48.0 Å². The molecule has 0 spiro atoms. The van der Waals surface area contributed by atoms with Crippen LogP contribution in [0.5, 0.6) is 0 Å². The van der Waals surface area contributed by atoms with Crippen LogP contribution < -0.4 is 5.56 Å². The predicted octanol–water partition coefficient (Wildman–Crippen LogP) is 3.63. The van der Waals surface area contributed by atoms with Crippen LogP contribution in [0.25, 0.3) is 10.9 Å². The van der Waals surface area contributed by atoms with Crippen molar-refractivity contribution in [2.45, 2.75) is 32.1 Å². The second-order valence-electron chi connectivity index (χ2n) is 5.30. The first-order valence-electron chi connectivity index (χ1n) is 7.14. The van der Waals surface area contributed by atoms with Crippen LogP contribution >= 0.6 is 11.6 Å². The molecule has 1 aliphatic carbocycles. The number of aromatic nitrogens is 1. The highest BCUT2D eigenvalue weighted by Crippen LogP contribution is 2.37. The van der Waals surface area contributed by atoms with Gasteiger partial charge in [0, 0.05) is 5.39 Å². The van der Waals surface area contributed by atoms with Gasteiger partial charge in [0.1, 0.15) is 5.56 Å². The lowest BCUT2D eigenvalue weighted by Crippen LogP contribution is -2.20. The minimum atomic E-state index is -0.686. The van der Waals surface area contributed by atoms with Gasteiger partial charge in [0.15, 0.2) is 0 Å². The second-order valence-corrected chi connectivity index (χ2v) is 5.67. The van der Waals surface area contributed by atoms with Gasteiger partial charge in [-0.05, 0) is 37.3 Å². The van der Waals surface area contributed by atoms with Crippen LogP contribution in [0.4, 0.5) is 0 Å². The molecule has 4 nitrogen and oxygen atoms in total. The van der Waals surface area contributed by atoms with Gasteiger partial charge in [-0.3, -0.25) is 4.79 Å². The number of H-pyrrole nitrogens is 1. The third-order valence-electron chi connectivity index (χ3n) is 4.03. The number of benzene rings is 1. The van der Waals surface area contributed by atoms with Crippen molar-refractivity contribution in [3.8, 4) is 0 Å². The molecular weight excluding hydrogens is 290 g/mol. The summed E-state index contributed by atoms with van der Waals surface area (Å²) in [5.74, 6) is -0.116. The Labute approximate surface area is 127 Å². The van der Waals surface area contributed by atoms with Gasteiger partial charge in [-0.25, -0.2) is 4.79 Å². The topological polar surface area (TPSA) is 59.2 Å². The number of rotatable bonds is 3. The molecule has 21 heavy (non-hydrogen) atoms. The number of esters is 1. The van der Waals surface area contributed by atoms with Gasteiger partial charge in [0.05, 0.1) is 17.1 Å². The number of halogens is 1. The maximum Gasteiger partial charge on any atom is 0.345 e. The van der Waals surface area contributed by atoms with E-state index in [0.717, 1.165) is 0 Å². The Bertz CT molecular complexity index is 762. The quantitative estimate of drug-likeness (QED) is 0.881. The van der Waals surface area contributed by atoms with Crippen molar-refractivity contribution in [2.75, 3.05) is 6.61 Å². The molecule has 0 bridgehead atoms. The Hall–Kier alpha value is -1.81. The van der Waals surface area contributed by atoms with Crippen LogP contribution in [-0.2, 0) is 4.74 Å². The fourth-order valence-corrected chi connectivity index (χ4v) is 2.98. The molecule has 0 aliphatic heterocycles. The Morgan fingerprint density at radius 1 is 1.43 bits per heavy atom. The summed E-state index contributed by atoms with van der Waals surface area (Å²) in [7, 11) is 0. The SMILES string of the molecule is CCOC(=O)c1c(Cl)c2ccc(C3CCC3)cc2[nH]c1=O. The first-order valence-corrected chi connectivity index (χ1v) is 7.52. The molecule has 1 N–H and O–H groups in total. The van der Waals surface area contributed by atoms with E-state index in [9.17, 15) is 9.59 Å². The van der Waals surface area contributed by atoms with Crippen LogP contribution in [0.2, 0.25) is 5.02 Å². The molecule has 1 saturated carbocycles. The number of fused-ring (bicyclic) bond motifs is 1. The van der Waals surface area contributed by atoms with Crippen LogP contribution in [0, 0.1) is 0 Å². The van der Waals surface area contributed by atoms with E-state index in [0.29, 0.717) is 16.8 Å². The lowest BCUT2D eigenvalue weighted by atomic mass is 9.80. The predicted molar refractivity (Wildman–Crippen MR) is 82.1 cm³/mol. The number of aromatic amines is 1. The summed E-state index contributed by atoms with van der Waals surface area (Å²) >= 11 is 6.24. The number of hydrogen-bond acceptors (Lipinski definition) is 3. The molecule has 1 heterocycles. The van der Waals surface area contributed by atoms with Crippen LogP contribution in [-0.4, -0.2) is 17.6 Å². The summed E-state index contributed by atoms with van der Waals surface area (Å²) in [6.07, 6.45) is 3.62. The van der Waals surface area contributed by atoms with Gasteiger partial charge in [-0.1, -0.05) is 30.2 Å². The first kappa shape index (κ1) is 14.1. The molecular formula is C16H16ClNO3. The third kappa shape index (κ3) is 2.44. The molecule has 1 aromatic carbocycles. The standard InChI is InChI=1S/C16H16ClNO3/c1-2-21-16(20)13-14(17)11-7-6-10(9-4-3-5-9)8-12(11)18-15(13)19/h6-9H,2-5H2,1H3,(H,18,19). The average molecular weight is 306 g/mol. The van der Waals surface area contributed by atoms with E-state index in [1.807, 2.05) is 18.2 Å². The van der Waals surface area contributed by atoms with Gasteiger partial charge >= 0.3 is 5.97 Å². The monoisotopic (exact) mass is 305 g/mol. The number of hydrogen-bond donors (Lipinski definition) is 1. The van der Waals surface area contributed by atoms with E-state index < -0.39 is 11.5 Å². The highest BCUT2D eigenvalue weighted by Gasteiger charge is 2.22. The zero-order valence-corrected chi connectivity index (χ0v) is 12.5. The average Bonchev–Trinajstić information content (AvgIpc) is 2.36.